The molecule has 94 valence electrons. The zero-order valence-electron chi connectivity index (χ0n) is 9.29. The second kappa shape index (κ2) is 5.23. The molecule has 18 heavy (non-hydrogen) atoms. The molecule has 2 nitrogen and oxygen atoms in total. The van der Waals surface area contributed by atoms with Gasteiger partial charge in [-0.2, -0.15) is 0 Å². The summed E-state index contributed by atoms with van der Waals surface area (Å²) in [6.07, 6.45) is 0. The van der Waals surface area contributed by atoms with Crippen LogP contribution in [0.4, 0.5) is 14.5 Å². The van der Waals surface area contributed by atoms with Gasteiger partial charge in [0.25, 0.3) is 0 Å². The van der Waals surface area contributed by atoms with E-state index in [1.165, 1.54) is 0 Å². The Kier molecular flexibility index (Phi) is 3.67. The van der Waals surface area contributed by atoms with E-state index in [1.807, 2.05) is 0 Å². The van der Waals surface area contributed by atoms with Gasteiger partial charge in [0.05, 0.1) is 10.7 Å². The molecule has 5 heteroatoms. The molecule has 2 aromatic rings. The molecular weight excluding hydrogens is 260 g/mol. The number of rotatable bonds is 3. The lowest BCUT2D eigenvalue weighted by atomic mass is 10.2. The zero-order chi connectivity index (χ0) is 13.1. The van der Waals surface area contributed by atoms with Crippen LogP contribution in [-0.4, -0.2) is 0 Å². The molecule has 0 bridgehead atoms. The molecular formula is C13H10ClF2NO. The van der Waals surface area contributed by atoms with E-state index < -0.39 is 11.6 Å². The van der Waals surface area contributed by atoms with Crippen molar-refractivity contribution in [3.05, 3.63) is 58.6 Å². The molecule has 0 spiro atoms. The Morgan fingerprint density at radius 1 is 1.11 bits per heavy atom. The van der Waals surface area contributed by atoms with Gasteiger partial charge in [-0.15, -0.1) is 0 Å². The Morgan fingerprint density at radius 3 is 2.61 bits per heavy atom. The summed E-state index contributed by atoms with van der Waals surface area (Å²) in [5.41, 5.74) is 6.76. The Labute approximate surface area is 108 Å². The van der Waals surface area contributed by atoms with Gasteiger partial charge in [0, 0.05) is 6.07 Å². The third-order valence-electron chi connectivity index (χ3n) is 2.35. The first-order chi connectivity index (χ1) is 8.56. The highest BCUT2D eigenvalue weighted by molar-refractivity contribution is 6.33. The minimum atomic E-state index is -0.613. The summed E-state index contributed by atoms with van der Waals surface area (Å²) in [4.78, 5) is 0. The van der Waals surface area contributed by atoms with Crippen LogP contribution < -0.4 is 10.5 Å². The van der Waals surface area contributed by atoms with Crippen molar-refractivity contribution in [2.75, 3.05) is 5.73 Å². The molecule has 0 heterocycles. The van der Waals surface area contributed by atoms with E-state index in [-0.39, 0.29) is 12.4 Å². The van der Waals surface area contributed by atoms with Gasteiger partial charge in [-0.05, 0) is 29.8 Å². The van der Waals surface area contributed by atoms with Crippen molar-refractivity contribution in [2.24, 2.45) is 0 Å². The van der Waals surface area contributed by atoms with E-state index in [1.54, 1.807) is 18.2 Å². The van der Waals surface area contributed by atoms with Gasteiger partial charge in [-0.1, -0.05) is 17.7 Å². The largest absolute Gasteiger partial charge is 0.486 e. The number of nitrogens with two attached hydrogens (primary N) is 1. The molecule has 2 aromatic carbocycles. The third-order valence-corrected chi connectivity index (χ3v) is 2.69. The van der Waals surface area contributed by atoms with Gasteiger partial charge < -0.3 is 10.5 Å². The molecule has 0 aliphatic carbocycles. The minimum Gasteiger partial charge on any atom is -0.486 e. The smallest absolute Gasteiger partial charge is 0.165 e. The molecule has 0 fully saturated rings. The first-order valence-electron chi connectivity index (χ1n) is 5.18. The summed E-state index contributed by atoms with van der Waals surface area (Å²) < 4.78 is 31.4. The highest BCUT2D eigenvalue weighted by Crippen LogP contribution is 2.22. The van der Waals surface area contributed by atoms with Crippen LogP contribution in [0.2, 0.25) is 5.02 Å². The van der Waals surface area contributed by atoms with Crippen molar-refractivity contribution < 1.29 is 13.5 Å². The molecule has 0 aromatic heterocycles. The predicted octanol–water partition coefficient (Wildman–Crippen LogP) is 3.78. The quantitative estimate of drug-likeness (QED) is 0.861. The van der Waals surface area contributed by atoms with Crippen LogP contribution in [0.15, 0.2) is 36.4 Å². The van der Waals surface area contributed by atoms with Crippen LogP contribution in [0.1, 0.15) is 5.56 Å². The molecule has 0 amide bonds. The van der Waals surface area contributed by atoms with Crippen molar-refractivity contribution in [3.8, 4) is 5.75 Å². The zero-order valence-corrected chi connectivity index (χ0v) is 10.0. The maximum atomic E-state index is 13.3. The fourth-order valence-corrected chi connectivity index (χ4v) is 1.55. The first-order valence-corrected chi connectivity index (χ1v) is 5.56. The number of anilines is 1. The Balaban J connectivity index is 2.11. The molecule has 0 radical (unpaired) electrons. The van der Waals surface area contributed by atoms with Gasteiger partial charge in [0.15, 0.2) is 11.6 Å². The van der Waals surface area contributed by atoms with E-state index in [4.69, 9.17) is 22.1 Å². The van der Waals surface area contributed by atoms with Crippen molar-refractivity contribution >= 4 is 17.3 Å². The standard InChI is InChI=1S/C13H10ClF2NO/c14-10-3-1-8(5-12(10)17)7-18-13-6-9(15)2-4-11(13)16/h1-6H,7,17H2. The normalized spacial score (nSPS) is 10.4. The van der Waals surface area contributed by atoms with Crippen LogP contribution >= 0.6 is 11.6 Å². The summed E-state index contributed by atoms with van der Waals surface area (Å²) in [5, 5.41) is 0.440. The molecule has 0 aliphatic heterocycles. The van der Waals surface area contributed by atoms with Crippen LogP contribution in [0, 0.1) is 11.6 Å². The molecule has 0 saturated heterocycles. The lowest BCUT2D eigenvalue weighted by Crippen LogP contribution is -1.99. The Hall–Kier alpha value is -1.81. The fourth-order valence-electron chi connectivity index (χ4n) is 1.43. The first kappa shape index (κ1) is 12.6. The van der Waals surface area contributed by atoms with Gasteiger partial charge >= 0.3 is 0 Å². The average Bonchev–Trinajstić information content (AvgIpc) is 2.34. The SMILES string of the molecule is Nc1cc(COc2cc(F)ccc2F)ccc1Cl. The summed E-state index contributed by atoms with van der Waals surface area (Å²) in [5.74, 6) is -1.30. The molecule has 2 rings (SSSR count). The van der Waals surface area contributed by atoms with Crippen LogP contribution in [-0.2, 0) is 6.61 Å². The maximum Gasteiger partial charge on any atom is 0.165 e. The molecule has 0 atom stereocenters. The lowest BCUT2D eigenvalue weighted by Gasteiger charge is -2.08. The Morgan fingerprint density at radius 2 is 1.89 bits per heavy atom. The van der Waals surface area contributed by atoms with E-state index in [9.17, 15) is 8.78 Å². The average molecular weight is 270 g/mol. The van der Waals surface area contributed by atoms with Gasteiger partial charge in [0.1, 0.15) is 12.4 Å². The molecule has 0 aliphatic rings. The minimum absolute atomic E-state index is 0.0851. The molecule has 0 saturated carbocycles. The number of benzene rings is 2. The van der Waals surface area contributed by atoms with Crippen LogP contribution in [0.5, 0.6) is 5.75 Å². The number of ether oxygens (including phenoxy) is 1. The molecule has 0 unspecified atom stereocenters. The molecule has 2 N–H and O–H groups in total. The van der Waals surface area contributed by atoms with Crippen molar-refractivity contribution in [1.29, 1.82) is 0 Å². The summed E-state index contributed by atoms with van der Waals surface area (Å²) in [6, 6.07) is 7.99. The van der Waals surface area contributed by atoms with E-state index >= 15 is 0 Å². The van der Waals surface area contributed by atoms with Crippen molar-refractivity contribution in [1.82, 2.24) is 0 Å². The van der Waals surface area contributed by atoms with E-state index in [2.05, 4.69) is 0 Å². The van der Waals surface area contributed by atoms with Gasteiger partial charge in [-0.3, -0.25) is 0 Å². The summed E-state index contributed by atoms with van der Waals surface area (Å²) >= 11 is 5.77. The monoisotopic (exact) mass is 269 g/mol. The van der Waals surface area contributed by atoms with Crippen molar-refractivity contribution in [3.63, 3.8) is 0 Å². The number of halogens is 3. The summed E-state index contributed by atoms with van der Waals surface area (Å²) in [6.45, 7) is 0.0851. The summed E-state index contributed by atoms with van der Waals surface area (Å²) in [7, 11) is 0. The van der Waals surface area contributed by atoms with Crippen molar-refractivity contribution in [2.45, 2.75) is 6.61 Å². The third kappa shape index (κ3) is 2.90. The second-order valence-electron chi connectivity index (χ2n) is 3.72. The highest BCUT2D eigenvalue weighted by Gasteiger charge is 2.06. The highest BCUT2D eigenvalue weighted by atomic mass is 35.5. The van der Waals surface area contributed by atoms with Gasteiger partial charge in [-0.25, -0.2) is 8.78 Å². The second-order valence-corrected chi connectivity index (χ2v) is 4.13. The fraction of sp³-hybridized carbons (Fsp3) is 0.0769. The van der Waals surface area contributed by atoms with Crippen LogP contribution in [0.3, 0.4) is 0 Å². The van der Waals surface area contributed by atoms with Gasteiger partial charge in [0.2, 0.25) is 0 Å². The van der Waals surface area contributed by atoms with E-state index in [0.717, 1.165) is 23.8 Å². The number of nitrogen functional groups attached to an aromatic ring is 1. The maximum absolute atomic E-state index is 13.3. The van der Waals surface area contributed by atoms with E-state index in [0.29, 0.717) is 10.7 Å². The number of hydrogen-bond donors (Lipinski definition) is 1. The number of hydrogen-bond acceptors (Lipinski definition) is 2. The topological polar surface area (TPSA) is 35.2 Å². The predicted molar refractivity (Wildman–Crippen MR) is 66.6 cm³/mol. The Bertz CT molecular complexity index is 575. The lowest BCUT2D eigenvalue weighted by molar-refractivity contribution is 0.288. The van der Waals surface area contributed by atoms with Crippen LogP contribution in [0.25, 0.3) is 0 Å².